The third kappa shape index (κ3) is 3.75. The molecule has 202 valence electrons. The van der Waals surface area contributed by atoms with Gasteiger partial charge in [-0.25, -0.2) is 4.98 Å². The van der Waals surface area contributed by atoms with E-state index in [0.717, 1.165) is 5.56 Å². The number of aromatic nitrogens is 1. The Morgan fingerprint density at radius 2 is 1.62 bits per heavy atom. The average molecular weight is 538 g/mol. The molecule has 8 nitrogen and oxygen atoms in total. The Morgan fingerprint density at radius 1 is 0.950 bits per heavy atom. The van der Waals surface area contributed by atoms with Crippen molar-refractivity contribution in [3.63, 3.8) is 0 Å². The largest absolute Gasteiger partial charge is 0.497 e. The number of rotatable bonds is 7. The molecule has 2 aliphatic rings. The number of hydrogen-bond acceptors (Lipinski definition) is 8. The SMILES string of the molecule is COC(=O)[C@H]1[C@@H](c2ccccc2)[C@]2(c3ccc(OC)cc3)Oc3cc(OCc4ccccc4)cnc3[C@@]1(O)C2=O. The number of ether oxygens (including phenoxy) is 4. The van der Waals surface area contributed by atoms with Crippen LogP contribution < -0.4 is 14.2 Å². The fraction of sp³-hybridized carbons (Fsp3) is 0.219. The number of carbonyl (C=O) groups excluding carboxylic acids is 2. The zero-order valence-corrected chi connectivity index (χ0v) is 21.9. The first-order chi connectivity index (χ1) is 19.4. The maximum absolute atomic E-state index is 14.5. The number of pyridine rings is 1. The minimum Gasteiger partial charge on any atom is -0.497 e. The second kappa shape index (κ2) is 9.81. The van der Waals surface area contributed by atoms with Gasteiger partial charge in [0.05, 0.1) is 26.3 Å². The molecule has 1 N–H and O–H groups in total. The first-order valence-electron chi connectivity index (χ1n) is 12.8. The number of methoxy groups -OCH3 is 2. The summed E-state index contributed by atoms with van der Waals surface area (Å²) in [6.45, 7) is 0.283. The van der Waals surface area contributed by atoms with E-state index in [1.54, 1.807) is 49.6 Å². The lowest BCUT2D eigenvalue weighted by molar-refractivity contribution is -0.163. The van der Waals surface area contributed by atoms with Gasteiger partial charge in [-0.15, -0.1) is 0 Å². The van der Waals surface area contributed by atoms with E-state index in [2.05, 4.69) is 4.98 Å². The Bertz CT molecular complexity index is 1560. The molecule has 6 rings (SSSR count). The number of hydrogen-bond donors (Lipinski definition) is 1. The third-order valence-corrected chi connectivity index (χ3v) is 7.75. The number of esters is 1. The van der Waals surface area contributed by atoms with Crippen LogP contribution in [0.2, 0.25) is 0 Å². The molecule has 4 aromatic rings. The average Bonchev–Trinajstić information content (AvgIpc) is 3.13. The first kappa shape index (κ1) is 25.6. The first-order valence-corrected chi connectivity index (χ1v) is 12.8. The molecule has 1 aromatic heterocycles. The van der Waals surface area contributed by atoms with Gasteiger partial charge < -0.3 is 24.1 Å². The van der Waals surface area contributed by atoms with Gasteiger partial charge in [-0.2, -0.15) is 0 Å². The van der Waals surface area contributed by atoms with Crippen molar-refractivity contribution in [2.75, 3.05) is 14.2 Å². The van der Waals surface area contributed by atoms with Crippen LogP contribution in [0.5, 0.6) is 17.2 Å². The number of fused-ring (bicyclic) bond motifs is 4. The number of nitrogens with zero attached hydrogens (tertiary/aromatic N) is 1. The van der Waals surface area contributed by atoms with Crippen LogP contribution in [0, 0.1) is 5.92 Å². The highest BCUT2D eigenvalue weighted by molar-refractivity contribution is 6.06. The van der Waals surface area contributed by atoms with E-state index in [1.165, 1.54) is 13.3 Å². The van der Waals surface area contributed by atoms with Crippen molar-refractivity contribution in [1.29, 1.82) is 0 Å². The molecule has 0 saturated heterocycles. The molecule has 1 aliphatic heterocycles. The smallest absolute Gasteiger partial charge is 0.313 e. The maximum atomic E-state index is 14.5. The highest BCUT2D eigenvalue weighted by Gasteiger charge is 2.77. The Hall–Kier alpha value is -4.69. The molecular weight excluding hydrogens is 510 g/mol. The lowest BCUT2D eigenvalue weighted by Gasteiger charge is -2.39. The maximum Gasteiger partial charge on any atom is 0.313 e. The predicted octanol–water partition coefficient (Wildman–Crippen LogP) is 4.30. The molecule has 2 heterocycles. The second-order valence-electron chi connectivity index (χ2n) is 9.84. The molecular formula is C32H27NO7. The third-order valence-electron chi connectivity index (χ3n) is 7.75. The quantitative estimate of drug-likeness (QED) is 0.348. The fourth-order valence-electron chi connectivity index (χ4n) is 5.92. The molecule has 3 aromatic carbocycles. The molecule has 8 heteroatoms. The molecule has 1 fully saturated rings. The van der Waals surface area contributed by atoms with Crippen LogP contribution in [0.15, 0.2) is 97.2 Å². The molecule has 1 aliphatic carbocycles. The Balaban J connectivity index is 1.54. The molecule has 0 radical (unpaired) electrons. The van der Waals surface area contributed by atoms with Gasteiger partial charge in [0.1, 0.15) is 35.5 Å². The van der Waals surface area contributed by atoms with Gasteiger partial charge in [-0.3, -0.25) is 9.59 Å². The van der Waals surface area contributed by atoms with E-state index in [1.807, 2.05) is 48.5 Å². The highest BCUT2D eigenvalue weighted by Crippen LogP contribution is 2.64. The van der Waals surface area contributed by atoms with E-state index in [0.29, 0.717) is 22.6 Å². The van der Waals surface area contributed by atoms with Gasteiger partial charge in [0.2, 0.25) is 11.4 Å². The second-order valence-corrected chi connectivity index (χ2v) is 9.84. The molecule has 1 saturated carbocycles. The molecule has 4 atom stereocenters. The van der Waals surface area contributed by atoms with E-state index < -0.39 is 34.8 Å². The monoisotopic (exact) mass is 537 g/mol. The fourth-order valence-corrected chi connectivity index (χ4v) is 5.92. The number of Topliss-reactive ketones (excluding diaryl/α,β-unsaturated/α-hetero) is 1. The Morgan fingerprint density at radius 3 is 2.27 bits per heavy atom. The normalized spacial score (nSPS) is 24.5. The van der Waals surface area contributed by atoms with Crippen molar-refractivity contribution in [1.82, 2.24) is 4.98 Å². The molecule has 2 bridgehead atoms. The highest BCUT2D eigenvalue weighted by atomic mass is 16.5. The zero-order valence-electron chi connectivity index (χ0n) is 21.9. The van der Waals surface area contributed by atoms with E-state index >= 15 is 0 Å². The Labute approximate surface area is 231 Å². The van der Waals surface area contributed by atoms with Crippen molar-refractivity contribution >= 4 is 11.8 Å². The van der Waals surface area contributed by atoms with E-state index in [9.17, 15) is 14.7 Å². The summed E-state index contributed by atoms with van der Waals surface area (Å²) in [6.07, 6.45) is 1.42. The molecule has 0 spiro atoms. The minimum atomic E-state index is -2.32. The number of benzene rings is 3. The van der Waals surface area contributed by atoms with Gasteiger partial charge in [0.15, 0.2) is 5.60 Å². The van der Waals surface area contributed by atoms with Crippen LogP contribution in [0.25, 0.3) is 0 Å². The lowest BCUT2D eigenvalue weighted by atomic mass is 9.75. The molecule has 40 heavy (non-hydrogen) atoms. The summed E-state index contributed by atoms with van der Waals surface area (Å²) in [6, 6.07) is 27.1. The summed E-state index contributed by atoms with van der Waals surface area (Å²) in [7, 11) is 2.78. The van der Waals surface area contributed by atoms with Gasteiger partial charge in [-0.05, 0) is 23.3 Å². The summed E-state index contributed by atoms with van der Waals surface area (Å²) in [4.78, 5) is 32.3. The van der Waals surface area contributed by atoms with Gasteiger partial charge >= 0.3 is 5.97 Å². The minimum absolute atomic E-state index is 0.0532. The summed E-state index contributed by atoms with van der Waals surface area (Å²) in [5.41, 5.74) is -2.10. The van der Waals surface area contributed by atoms with Gasteiger partial charge in [0, 0.05) is 11.6 Å². The standard InChI is InChI=1S/C32H27NO7/c1-37-23-15-13-22(14-16-23)32-26(21-11-7-4-8-12-21)27(29(34)38-2)31(36,30(32)35)28-25(40-32)17-24(18-33-28)39-19-20-9-5-3-6-10-20/h3-18,26-27,36H,19H2,1-2H3/t26-,27-,31-,32+/m1/s1. The van der Waals surface area contributed by atoms with Crippen LogP contribution in [-0.4, -0.2) is 36.1 Å². The molecule has 0 amide bonds. The summed E-state index contributed by atoms with van der Waals surface area (Å²) in [5.74, 6) is -2.59. The van der Waals surface area contributed by atoms with Crippen LogP contribution in [0.1, 0.15) is 28.3 Å². The van der Waals surface area contributed by atoms with Crippen molar-refractivity contribution in [3.8, 4) is 17.2 Å². The molecule has 0 unspecified atom stereocenters. The topological polar surface area (TPSA) is 104 Å². The number of aliphatic hydroxyl groups is 1. The van der Waals surface area contributed by atoms with E-state index in [-0.39, 0.29) is 18.1 Å². The number of carbonyl (C=O) groups is 2. The summed E-state index contributed by atoms with van der Waals surface area (Å²) in [5, 5.41) is 12.3. The van der Waals surface area contributed by atoms with E-state index in [4.69, 9.17) is 18.9 Å². The van der Waals surface area contributed by atoms with Crippen molar-refractivity contribution in [2.45, 2.75) is 23.7 Å². The predicted molar refractivity (Wildman–Crippen MR) is 144 cm³/mol. The Kier molecular flexibility index (Phi) is 6.27. The summed E-state index contributed by atoms with van der Waals surface area (Å²) < 4.78 is 23.1. The van der Waals surface area contributed by atoms with Crippen LogP contribution in [-0.2, 0) is 32.1 Å². The number of ketones is 1. The van der Waals surface area contributed by atoms with Crippen molar-refractivity contribution < 1.29 is 33.6 Å². The van der Waals surface area contributed by atoms with Crippen LogP contribution >= 0.6 is 0 Å². The van der Waals surface area contributed by atoms with Crippen LogP contribution in [0.3, 0.4) is 0 Å². The van der Waals surface area contributed by atoms with Crippen molar-refractivity contribution in [2.24, 2.45) is 5.92 Å². The zero-order chi connectivity index (χ0) is 27.9. The van der Waals surface area contributed by atoms with Gasteiger partial charge in [-0.1, -0.05) is 72.8 Å². The van der Waals surface area contributed by atoms with Crippen LogP contribution in [0.4, 0.5) is 0 Å². The van der Waals surface area contributed by atoms with Gasteiger partial charge in [0.25, 0.3) is 0 Å². The lowest BCUT2D eigenvalue weighted by Crippen LogP contribution is -2.51. The van der Waals surface area contributed by atoms with Crippen molar-refractivity contribution in [3.05, 3.63) is 120 Å². The summed E-state index contributed by atoms with van der Waals surface area (Å²) >= 11 is 0.